The molecule has 0 aliphatic heterocycles. The van der Waals surface area contributed by atoms with Gasteiger partial charge in [-0.1, -0.05) is 53.8 Å². The highest BCUT2D eigenvalue weighted by molar-refractivity contribution is 7.86. The van der Waals surface area contributed by atoms with Crippen LogP contribution in [0.3, 0.4) is 0 Å². The molecular formula is C48H40N12O10S3. The van der Waals surface area contributed by atoms with Gasteiger partial charge in [0, 0.05) is 41.1 Å². The van der Waals surface area contributed by atoms with E-state index in [1.165, 1.54) is 29.5 Å². The normalized spacial score (nSPS) is 12.1. The third kappa shape index (κ3) is 11.9. The topological polar surface area (TPSA) is 325 Å². The second-order valence-corrected chi connectivity index (χ2v) is 19.9. The Hall–Kier alpha value is -8.67. The monoisotopic (exact) mass is 1040 g/mol. The number of carbonyl (C=O) groups excluding carboxylic acids is 2. The summed E-state index contributed by atoms with van der Waals surface area (Å²) in [4.78, 5) is 33.3. The predicted octanol–water partition coefficient (Wildman–Crippen LogP) is 11.6. The van der Waals surface area contributed by atoms with E-state index in [4.69, 9.17) is 4.74 Å². The van der Waals surface area contributed by atoms with Crippen LogP contribution in [0, 0.1) is 25.2 Å². The lowest BCUT2D eigenvalue weighted by molar-refractivity contribution is -0.114. The molecule has 0 fully saturated rings. The first kappa shape index (κ1) is 50.7. The van der Waals surface area contributed by atoms with Crippen LogP contribution in [0.2, 0.25) is 0 Å². The molecule has 8 rings (SSSR count). The second-order valence-electron chi connectivity index (χ2n) is 16.0. The molecule has 22 nitrogen and oxygen atoms in total. The van der Waals surface area contributed by atoms with Crippen LogP contribution in [0.1, 0.15) is 46.8 Å². The molecule has 0 spiro atoms. The zero-order valence-electron chi connectivity index (χ0n) is 38.6. The van der Waals surface area contributed by atoms with Crippen molar-refractivity contribution in [1.82, 2.24) is 14.4 Å². The van der Waals surface area contributed by atoms with Crippen molar-refractivity contribution in [3.05, 3.63) is 131 Å². The number of hydrogen-bond donors (Lipinski definition) is 5. The van der Waals surface area contributed by atoms with Gasteiger partial charge in [-0.3, -0.25) is 23.1 Å². The number of aromatic nitrogens is 3. The quantitative estimate of drug-likeness (QED) is 0.0322. The van der Waals surface area contributed by atoms with Gasteiger partial charge in [-0.15, -0.1) is 30.7 Å². The molecule has 8 aromatic rings. The molecule has 5 N–H and O–H groups in total. The summed E-state index contributed by atoms with van der Waals surface area (Å²) in [6.45, 7) is 4.62. The van der Waals surface area contributed by atoms with Gasteiger partial charge in [0.15, 0.2) is 16.3 Å². The van der Waals surface area contributed by atoms with Crippen molar-refractivity contribution >= 4 is 104 Å². The summed E-state index contributed by atoms with van der Waals surface area (Å²) in [6.07, 6.45) is 0.284. The number of benzene rings is 5. The van der Waals surface area contributed by atoms with Crippen molar-refractivity contribution in [1.29, 1.82) is 5.26 Å². The summed E-state index contributed by atoms with van der Waals surface area (Å²) < 4.78 is 75.0. The molecule has 0 radical (unpaired) electrons. The van der Waals surface area contributed by atoms with E-state index in [0.29, 0.717) is 39.0 Å². The molecule has 0 bridgehead atoms. The number of para-hydroxylation sites is 2. The van der Waals surface area contributed by atoms with Gasteiger partial charge in [0.25, 0.3) is 26.1 Å². The van der Waals surface area contributed by atoms with E-state index in [1.54, 1.807) is 98.8 Å². The van der Waals surface area contributed by atoms with Crippen LogP contribution in [0.4, 0.5) is 44.3 Å². The van der Waals surface area contributed by atoms with Gasteiger partial charge >= 0.3 is 0 Å². The third-order valence-electron chi connectivity index (χ3n) is 10.7. The van der Waals surface area contributed by atoms with Crippen molar-refractivity contribution in [2.45, 2.75) is 38.5 Å². The fraction of sp³-hybridized carbons (Fsp3) is 0.146. The minimum absolute atomic E-state index is 0.0126. The largest absolute Gasteiger partial charge is 0.493 e. The number of azo groups is 3. The summed E-state index contributed by atoms with van der Waals surface area (Å²) in [5.74, 6) is -1.54. The van der Waals surface area contributed by atoms with E-state index in [-0.39, 0.29) is 92.5 Å². The number of pyridine rings is 1. The number of amides is 2. The van der Waals surface area contributed by atoms with E-state index >= 15 is 0 Å². The van der Waals surface area contributed by atoms with Crippen LogP contribution >= 0.6 is 11.3 Å². The summed E-state index contributed by atoms with van der Waals surface area (Å²) in [5.41, 5.74) is 3.88. The molecule has 3 heterocycles. The minimum Gasteiger partial charge on any atom is -0.493 e. The number of imidazole rings is 1. The Morgan fingerprint density at radius 3 is 2.25 bits per heavy atom. The summed E-state index contributed by atoms with van der Waals surface area (Å²) in [6, 6.07) is 30.8. The first-order chi connectivity index (χ1) is 34.9. The number of carbonyl (C=O) groups is 2. The third-order valence-corrected chi connectivity index (χ3v) is 13.2. The van der Waals surface area contributed by atoms with Gasteiger partial charge in [0.05, 0.1) is 29.1 Å². The van der Waals surface area contributed by atoms with Gasteiger partial charge in [0.1, 0.15) is 39.3 Å². The first-order valence-corrected chi connectivity index (χ1v) is 25.6. The molecule has 0 saturated heterocycles. The SMILES string of the molecule is CC(=O)Nc1cccc(-c2nc(N=Nc3cc(OCCCCS(=O)(=O)O)c(N=Nc4c(C)c(C#N)c5nc6ccccc6n5c4O)cc3C)sc2N=Nc2ccc(NC(=O)c3ccccc3)cc2S(=O)(=O)O)c1. The number of thiazole rings is 1. The van der Waals surface area contributed by atoms with Crippen LogP contribution in [0.15, 0.2) is 145 Å². The van der Waals surface area contributed by atoms with Crippen molar-refractivity contribution in [3.63, 3.8) is 0 Å². The minimum atomic E-state index is -4.91. The summed E-state index contributed by atoms with van der Waals surface area (Å²) >= 11 is 0.907. The molecule has 2 amide bonds. The summed E-state index contributed by atoms with van der Waals surface area (Å²) in [7, 11) is -9.13. The molecule has 0 aliphatic rings. The van der Waals surface area contributed by atoms with Gasteiger partial charge < -0.3 is 20.5 Å². The number of nitriles is 1. The number of rotatable bonds is 17. The average molecular weight is 1040 g/mol. The van der Waals surface area contributed by atoms with Gasteiger partial charge in [0.2, 0.25) is 16.9 Å². The van der Waals surface area contributed by atoms with Crippen molar-refractivity contribution in [2.24, 2.45) is 30.7 Å². The smallest absolute Gasteiger partial charge is 0.296 e. The lowest BCUT2D eigenvalue weighted by Crippen LogP contribution is -2.12. The molecule has 25 heteroatoms. The van der Waals surface area contributed by atoms with Gasteiger partial charge in [-0.25, -0.2) is 9.97 Å². The van der Waals surface area contributed by atoms with Gasteiger partial charge in [-0.05, 0) is 92.9 Å². The molecule has 370 valence electrons. The highest BCUT2D eigenvalue weighted by atomic mass is 32.2. The van der Waals surface area contributed by atoms with Crippen LogP contribution in [0.5, 0.6) is 11.6 Å². The standard InChI is InChI=1S/C48H40N12O10S3/c1-27-22-38(56-57-42-28(2)34(26-49)44-52-35-16-7-8-17-39(35)60(44)47(42)63)40(70-20-9-10-21-72(64,65)66)25-37(27)55-59-48-53-43(31-14-11-15-32(23-31)50-29(3)61)46(71-48)58-54-36-19-18-33(24-41(36)73(67,68)69)51-45(62)30-12-5-4-6-13-30/h4-8,11-19,22-25,63H,9-10,20-21H2,1-3H3,(H,50,61)(H,51,62)(H,64,65,66)(H,67,68,69). The van der Waals surface area contributed by atoms with E-state index in [1.807, 2.05) is 0 Å². The van der Waals surface area contributed by atoms with E-state index in [2.05, 4.69) is 57.4 Å². The predicted molar refractivity (Wildman–Crippen MR) is 271 cm³/mol. The molecule has 0 aliphatic carbocycles. The van der Waals surface area contributed by atoms with Crippen LogP contribution in [-0.2, 0) is 25.0 Å². The number of ether oxygens (including phenoxy) is 1. The number of unbranched alkanes of at least 4 members (excludes halogenated alkanes) is 1. The second kappa shape index (κ2) is 21.4. The number of anilines is 2. The Morgan fingerprint density at radius 2 is 1.51 bits per heavy atom. The molecule has 5 aromatic carbocycles. The van der Waals surface area contributed by atoms with Gasteiger partial charge in [-0.2, -0.15) is 22.1 Å². The Morgan fingerprint density at radius 1 is 0.781 bits per heavy atom. The Labute approximate surface area is 420 Å². The van der Waals surface area contributed by atoms with E-state index < -0.39 is 36.8 Å². The van der Waals surface area contributed by atoms with Crippen LogP contribution < -0.4 is 15.4 Å². The molecule has 0 saturated carbocycles. The van der Waals surface area contributed by atoms with Crippen LogP contribution in [0.25, 0.3) is 27.9 Å². The lowest BCUT2D eigenvalue weighted by Gasteiger charge is -2.12. The molecular weight excluding hydrogens is 1000 g/mol. The Balaban J connectivity index is 1.16. The first-order valence-electron chi connectivity index (χ1n) is 21.7. The zero-order chi connectivity index (χ0) is 52.0. The van der Waals surface area contributed by atoms with E-state index in [0.717, 1.165) is 17.4 Å². The molecule has 73 heavy (non-hydrogen) atoms. The highest BCUT2D eigenvalue weighted by Gasteiger charge is 2.23. The fourth-order valence-electron chi connectivity index (χ4n) is 7.27. The number of nitrogens with zero attached hydrogens (tertiary/aromatic N) is 10. The Kier molecular flexibility index (Phi) is 14.8. The lowest BCUT2D eigenvalue weighted by atomic mass is 10.1. The number of aromatic hydroxyl groups is 1. The number of nitrogens with one attached hydrogen (secondary N) is 2. The molecule has 0 atom stereocenters. The molecule has 0 unspecified atom stereocenters. The number of hydrogen-bond acceptors (Lipinski definition) is 18. The number of aryl methyl sites for hydroxylation is 1. The maximum absolute atomic E-state index is 12.8. The maximum Gasteiger partial charge on any atom is 0.296 e. The average Bonchev–Trinajstić information content (AvgIpc) is 3.95. The van der Waals surface area contributed by atoms with Crippen LogP contribution in [-0.4, -0.2) is 69.6 Å². The van der Waals surface area contributed by atoms with Crippen molar-refractivity contribution in [2.75, 3.05) is 23.0 Å². The fourth-order valence-corrected chi connectivity index (χ4v) is 9.23. The Bertz CT molecular complexity index is 3850. The van der Waals surface area contributed by atoms with Crippen molar-refractivity contribution < 1.29 is 45.4 Å². The maximum atomic E-state index is 12.8. The zero-order valence-corrected chi connectivity index (χ0v) is 41.1. The molecule has 3 aromatic heterocycles. The highest BCUT2D eigenvalue weighted by Crippen LogP contribution is 2.44. The number of fused-ring (bicyclic) bond motifs is 3. The van der Waals surface area contributed by atoms with E-state index in [9.17, 15) is 45.9 Å². The van der Waals surface area contributed by atoms with Crippen molar-refractivity contribution in [3.8, 4) is 29.0 Å². The summed E-state index contributed by atoms with van der Waals surface area (Å²) in [5, 5.41) is 53.3.